The molecule has 6 nitrogen and oxygen atoms in total. The fourth-order valence-corrected chi connectivity index (χ4v) is 3.91. The highest BCUT2D eigenvalue weighted by Gasteiger charge is 2.31. The molecule has 0 saturated carbocycles. The van der Waals surface area contributed by atoms with E-state index in [2.05, 4.69) is 10.3 Å². The van der Waals surface area contributed by atoms with Crippen molar-refractivity contribution >= 4 is 28.3 Å². The van der Waals surface area contributed by atoms with Gasteiger partial charge in [0.1, 0.15) is 0 Å². The molecule has 1 aromatic heterocycles. The van der Waals surface area contributed by atoms with Crippen LogP contribution in [0.1, 0.15) is 21.5 Å². The van der Waals surface area contributed by atoms with Gasteiger partial charge in [-0.2, -0.15) is 0 Å². The number of aromatic nitrogens is 1. The molecule has 1 amide bonds. The number of carbonyl (C=O) groups excluding carboxylic acids is 2. The summed E-state index contributed by atoms with van der Waals surface area (Å²) in [7, 11) is 1.69. The van der Waals surface area contributed by atoms with Crippen LogP contribution in [0.5, 0.6) is 0 Å². The molecule has 2 aromatic carbocycles. The Bertz CT molecular complexity index is 1030. The van der Waals surface area contributed by atoms with E-state index >= 15 is 0 Å². The lowest BCUT2D eigenvalue weighted by Crippen LogP contribution is -2.37. The third-order valence-electron chi connectivity index (χ3n) is 4.76. The van der Waals surface area contributed by atoms with Gasteiger partial charge in [0.15, 0.2) is 11.2 Å². The quantitative estimate of drug-likeness (QED) is 0.629. The summed E-state index contributed by atoms with van der Waals surface area (Å²) in [4.78, 5) is 29.2. The van der Waals surface area contributed by atoms with Crippen LogP contribution in [0.2, 0.25) is 0 Å². The predicted octanol–water partition coefficient (Wildman–Crippen LogP) is 3.72. The van der Waals surface area contributed by atoms with E-state index in [0.29, 0.717) is 23.7 Å². The number of rotatable bonds is 6. The van der Waals surface area contributed by atoms with Crippen LogP contribution < -0.4 is 5.32 Å². The van der Waals surface area contributed by atoms with Crippen molar-refractivity contribution in [2.45, 2.75) is 18.9 Å². The molecule has 4 rings (SSSR count). The normalized spacial score (nSPS) is 15.5. The van der Waals surface area contributed by atoms with Crippen LogP contribution in [0.4, 0.5) is 5.13 Å². The number of thiazole rings is 1. The number of amides is 1. The molecule has 148 valence electrons. The number of anilines is 1. The molecule has 0 fully saturated rings. The number of carbonyl (C=O) groups is 2. The Hall–Kier alpha value is -3.03. The van der Waals surface area contributed by atoms with Gasteiger partial charge in [-0.1, -0.05) is 42.5 Å². The highest BCUT2D eigenvalue weighted by atomic mass is 32.1. The third kappa shape index (κ3) is 4.36. The fraction of sp³-hybridized carbons (Fsp3) is 0.227. The maximum atomic E-state index is 12.6. The van der Waals surface area contributed by atoms with Crippen LogP contribution in [0.3, 0.4) is 0 Å². The number of ether oxygens (including phenoxy) is 2. The van der Waals surface area contributed by atoms with E-state index in [4.69, 9.17) is 9.47 Å². The number of nitrogens with zero attached hydrogens (tertiary/aromatic N) is 1. The van der Waals surface area contributed by atoms with Gasteiger partial charge in [0.2, 0.25) is 0 Å². The van der Waals surface area contributed by atoms with Crippen molar-refractivity contribution < 1.29 is 19.1 Å². The zero-order valence-corrected chi connectivity index (χ0v) is 16.7. The first-order valence-corrected chi connectivity index (χ1v) is 10.2. The van der Waals surface area contributed by atoms with Gasteiger partial charge < -0.3 is 9.47 Å². The maximum Gasteiger partial charge on any atom is 0.339 e. The van der Waals surface area contributed by atoms with Crippen LogP contribution in [-0.4, -0.2) is 36.7 Å². The molecule has 7 heteroatoms. The molecule has 0 bridgehead atoms. The van der Waals surface area contributed by atoms with Gasteiger partial charge in [0.25, 0.3) is 5.91 Å². The van der Waals surface area contributed by atoms with Gasteiger partial charge in [0, 0.05) is 24.5 Å². The van der Waals surface area contributed by atoms with E-state index in [1.54, 1.807) is 19.2 Å². The summed E-state index contributed by atoms with van der Waals surface area (Å²) in [6, 6.07) is 15.3. The van der Waals surface area contributed by atoms with Crippen LogP contribution in [0.15, 0.2) is 53.9 Å². The maximum absolute atomic E-state index is 12.6. The molecule has 0 spiro atoms. The average Bonchev–Trinajstić information content (AvgIpc) is 3.21. The molecule has 1 aliphatic rings. The molecule has 0 radical (unpaired) electrons. The Morgan fingerprint density at radius 3 is 2.83 bits per heavy atom. The van der Waals surface area contributed by atoms with Gasteiger partial charge >= 0.3 is 5.97 Å². The van der Waals surface area contributed by atoms with Gasteiger partial charge in [-0.3, -0.25) is 10.1 Å². The smallest absolute Gasteiger partial charge is 0.339 e. The van der Waals surface area contributed by atoms with Crippen molar-refractivity contribution in [2.75, 3.05) is 19.0 Å². The number of hydrogen-bond donors (Lipinski definition) is 1. The first kappa shape index (κ1) is 19.3. The molecule has 1 aliphatic heterocycles. The number of fused-ring (bicyclic) bond motifs is 1. The summed E-state index contributed by atoms with van der Waals surface area (Å²) in [6.07, 6.45) is 0.359. The Morgan fingerprint density at radius 1 is 1.24 bits per heavy atom. The van der Waals surface area contributed by atoms with E-state index < -0.39 is 12.1 Å². The SMILES string of the molecule is COCCc1ccc(-c2csc(NC(=O)[C@@H]3Cc4ccccc4C(=O)O3)n2)cc1. The van der Waals surface area contributed by atoms with Gasteiger partial charge in [-0.25, -0.2) is 9.78 Å². The Labute approximate surface area is 172 Å². The largest absolute Gasteiger partial charge is 0.448 e. The second-order valence-electron chi connectivity index (χ2n) is 6.72. The first-order chi connectivity index (χ1) is 14.1. The summed E-state index contributed by atoms with van der Waals surface area (Å²) < 4.78 is 10.4. The second-order valence-corrected chi connectivity index (χ2v) is 7.58. The summed E-state index contributed by atoms with van der Waals surface area (Å²) in [5.74, 6) is -0.843. The predicted molar refractivity (Wildman–Crippen MR) is 111 cm³/mol. The summed E-state index contributed by atoms with van der Waals surface area (Å²) in [5, 5.41) is 5.13. The standard InChI is InChI=1S/C22H20N2O4S/c1-27-11-10-14-6-8-15(9-7-14)18-13-29-22(23-18)24-20(25)19-12-16-4-2-3-5-17(16)21(26)28-19/h2-9,13,19H,10-12H2,1H3,(H,23,24,25)/t19-/m0/s1. The van der Waals surface area contributed by atoms with E-state index in [-0.39, 0.29) is 5.91 Å². The topological polar surface area (TPSA) is 77.5 Å². The molecule has 2 heterocycles. The van der Waals surface area contributed by atoms with Gasteiger partial charge in [-0.05, 0) is 23.6 Å². The molecule has 29 heavy (non-hydrogen) atoms. The van der Waals surface area contributed by atoms with Crippen LogP contribution >= 0.6 is 11.3 Å². The van der Waals surface area contributed by atoms with E-state index in [0.717, 1.165) is 23.2 Å². The van der Waals surface area contributed by atoms with Crippen molar-refractivity contribution in [3.8, 4) is 11.3 Å². The number of esters is 1. The highest BCUT2D eigenvalue weighted by molar-refractivity contribution is 7.14. The number of cyclic esters (lactones) is 1. The lowest BCUT2D eigenvalue weighted by molar-refractivity contribution is -0.125. The van der Waals surface area contributed by atoms with Crippen LogP contribution in [0.25, 0.3) is 11.3 Å². The summed E-state index contributed by atoms with van der Waals surface area (Å²) in [6.45, 7) is 0.683. The minimum Gasteiger partial charge on any atom is -0.448 e. The number of benzene rings is 2. The molecule has 3 aromatic rings. The van der Waals surface area contributed by atoms with E-state index in [1.807, 2.05) is 41.8 Å². The molecular formula is C22H20N2O4S. The van der Waals surface area contributed by atoms with Crippen molar-refractivity contribution in [1.82, 2.24) is 4.98 Å². The van der Waals surface area contributed by atoms with Gasteiger partial charge in [-0.15, -0.1) is 11.3 Å². The first-order valence-electron chi connectivity index (χ1n) is 9.27. The van der Waals surface area contributed by atoms with Crippen molar-refractivity contribution in [1.29, 1.82) is 0 Å². The van der Waals surface area contributed by atoms with E-state index in [1.165, 1.54) is 16.9 Å². The lowest BCUT2D eigenvalue weighted by atomic mass is 9.98. The Balaban J connectivity index is 1.41. The summed E-state index contributed by atoms with van der Waals surface area (Å²) >= 11 is 1.34. The minimum absolute atomic E-state index is 0.356. The monoisotopic (exact) mass is 408 g/mol. The molecular weight excluding hydrogens is 388 g/mol. The second kappa shape index (κ2) is 8.55. The third-order valence-corrected chi connectivity index (χ3v) is 5.52. The Kier molecular flexibility index (Phi) is 5.69. The van der Waals surface area contributed by atoms with Crippen LogP contribution in [0, 0.1) is 0 Å². The van der Waals surface area contributed by atoms with Crippen molar-refractivity contribution in [3.63, 3.8) is 0 Å². The summed E-state index contributed by atoms with van der Waals surface area (Å²) in [5.41, 5.74) is 4.29. The van der Waals surface area contributed by atoms with E-state index in [9.17, 15) is 9.59 Å². The average molecular weight is 408 g/mol. The molecule has 1 atom stereocenters. The van der Waals surface area contributed by atoms with Crippen molar-refractivity contribution in [2.24, 2.45) is 0 Å². The molecule has 0 aliphatic carbocycles. The van der Waals surface area contributed by atoms with Crippen molar-refractivity contribution in [3.05, 3.63) is 70.6 Å². The Morgan fingerprint density at radius 2 is 2.03 bits per heavy atom. The minimum atomic E-state index is -0.857. The van der Waals surface area contributed by atoms with Gasteiger partial charge in [0.05, 0.1) is 17.9 Å². The number of hydrogen-bond acceptors (Lipinski definition) is 6. The highest BCUT2D eigenvalue weighted by Crippen LogP contribution is 2.26. The molecule has 0 saturated heterocycles. The zero-order valence-electron chi connectivity index (χ0n) is 15.9. The number of methoxy groups -OCH3 is 1. The van der Waals surface area contributed by atoms with Crippen LogP contribution in [-0.2, 0) is 27.1 Å². The molecule has 1 N–H and O–H groups in total. The molecule has 0 unspecified atom stereocenters. The zero-order chi connectivity index (χ0) is 20.2. The fourth-order valence-electron chi connectivity index (χ4n) is 3.19. The lowest BCUT2D eigenvalue weighted by Gasteiger charge is -2.23. The number of nitrogens with one attached hydrogen (secondary N) is 1.